The van der Waals surface area contributed by atoms with Crippen molar-refractivity contribution in [3.63, 3.8) is 0 Å². The second-order valence-electron chi connectivity index (χ2n) is 6.28. The third-order valence-electron chi connectivity index (χ3n) is 3.67. The quantitative estimate of drug-likeness (QED) is 0.791. The molecule has 0 aromatic heterocycles. The summed E-state index contributed by atoms with van der Waals surface area (Å²) in [7, 11) is 0. The molecule has 2 N–H and O–H groups in total. The minimum absolute atomic E-state index is 0.137. The van der Waals surface area contributed by atoms with Crippen LogP contribution in [0.2, 0.25) is 0 Å². The van der Waals surface area contributed by atoms with Gasteiger partial charge in [0.1, 0.15) is 5.82 Å². The van der Waals surface area contributed by atoms with Crippen LogP contribution < -0.4 is 5.73 Å². The van der Waals surface area contributed by atoms with E-state index in [1.54, 1.807) is 6.07 Å². The number of hydrogen-bond donors (Lipinski definition) is 1. The van der Waals surface area contributed by atoms with E-state index in [9.17, 15) is 4.39 Å². The highest BCUT2D eigenvalue weighted by atomic mass is 19.1. The molecule has 1 unspecified atom stereocenters. The molecule has 0 amide bonds. The van der Waals surface area contributed by atoms with Crippen LogP contribution in [0.25, 0.3) is 0 Å². The Morgan fingerprint density at radius 2 is 2.11 bits per heavy atom. The predicted octanol–water partition coefficient (Wildman–Crippen LogP) is 3.75. The van der Waals surface area contributed by atoms with Crippen molar-refractivity contribution in [3.05, 3.63) is 46.8 Å². The van der Waals surface area contributed by atoms with Gasteiger partial charge in [0.25, 0.3) is 0 Å². The number of benzene rings is 1. The van der Waals surface area contributed by atoms with E-state index in [2.05, 4.69) is 19.9 Å². The summed E-state index contributed by atoms with van der Waals surface area (Å²) in [5, 5.41) is 0. The Balaban J connectivity index is 2.21. The van der Waals surface area contributed by atoms with Crippen LogP contribution >= 0.6 is 0 Å². The summed E-state index contributed by atoms with van der Waals surface area (Å²) < 4.78 is 13.3. The molecule has 0 saturated heterocycles. The van der Waals surface area contributed by atoms with E-state index in [1.807, 2.05) is 13.0 Å². The Kier molecular flexibility index (Phi) is 3.58. The molecule has 0 fully saturated rings. The summed E-state index contributed by atoms with van der Waals surface area (Å²) in [5.74, 6) is -0.157. The zero-order valence-corrected chi connectivity index (χ0v) is 11.5. The van der Waals surface area contributed by atoms with Crippen LogP contribution in [0.1, 0.15) is 37.8 Å². The van der Waals surface area contributed by atoms with Gasteiger partial charge in [-0.25, -0.2) is 4.39 Å². The van der Waals surface area contributed by atoms with E-state index in [1.165, 1.54) is 11.6 Å². The maximum absolute atomic E-state index is 13.3. The Labute approximate surface area is 109 Å². The Morgan fingerprint density at radius 3 is 2.78 bits per heavy atom. The molecule has 0 bridgehead atoms. The number of halogens is 1. The maximum atomic E-state index is 13.3. The highest BCUT2D eigenvalue weighted by Gasteiger charge is 2.26. The van der Waals surface area contributed by atoms with E-state index in [-0.39, 0.29) is 17.3 Å². The first-order chi connectivity index (χ1) is 8.35. The fraction of sp³-hybridized carbons (Fsp3) is 0.500. The van der Waals surface area contributed by atoms with Gasteiger partial charge in [-0.3, -0.25) is 0 Å². The van der Waals surface area contributed by atoms with Gasteiger partial charge in [0.05, 0.1) is 0 Å². The Bertz CT molecular complexity index is 474. The van der Waals surface area contributed by atoms with E-state index >= 15 is 0 Å². The van der Waals surface area contributed by atoms with Crippen LogP contribution in [-0.4, -0.2) is 6.04 Å². The van der Waals surface area contributed by atoms with E-state index in [0.29, 0.717) is 0 Å². The van der Waals surface area contributed by atoms with Gasteiger partial charge in [-0.2, -0.15) is 0 Å². The number of nitrogens with two attached hydrogens (primary N) is 1. The lowest BCUT2D eigenvalue weighted by Gasteiger charge is -2.33. The number of aryl methyl sites for hydroxylation is 1. The summed E-state index contributed by atoms with van der Waals surface area (Å²) >= 11 is 0. The van der Waals surface area contributed by atoms with Crippen molar-refractivity contribution >= 4 is 0 Å². The molecule has 18 heavy (non-hydrogen) atoms. The molecule has 1 atom stereocenters. The molecular formula is C16H22FN. The standard InChI is InChI=1S/C16H22FN/c1-11-4-5-14(17)8-13(11)6-12-7-15(18)10-16(2,3)9-12/h4-5,7-8,15H,6,9-10,18H2,1-3H3. The van der Waals surface area contributed by atoms with Crippen molar-refractivity contribution in [1.29, 1.82) is 0 Å². The molecule has 1 aliphatic carbocycles. The lowest BCUT2D eigenvalue weighted by atomic mass is 9.74. The van der Waals surface area contributed by atoms with Crippen LogP contribution in [0.3, 0.4) is 0 Å². The molecule has 1 aromatic rings. The summed E-state index contributed by atoms with van der Waals surface area (Å²) in [6, 6.07) is 5.14. The average molecular weight is 247 g/mol. The first-order valence-corrected chi connectivity index (χ1v) is 6.56. The van der Waals surface area contributed by atoms with Crippen molar-refractivity contribution in [2.24, 2.45) is 11.1 Å². The molecule has 2 rings (SSSR count). The summed E-state index contributed by atoms with van der Waals surface area (Å²) in [5.41, 5.74) is 9.89. The minimum atomic E-state index is -0.157. The van der Waals surface area contributed by atoms with Crippen LogP contribution in [0.15, 0.2) is 29.8 Å². The molecule has 0 radical (unpaired) electrons. The van der Waals surface area contributed by atoms with Gasteiger partial charge in [0.2, 0.25) is 0 Å². The third-order valence-corrected chi connectivity index (χ3v) is 3.67. The van der Waals surface area contributed by atoms with Gasteiger partial charge < -0.3 is 5.73 Å². The van der Waals surface area contributed by atoms with Crippen LogP contribution in [0.4, 0.5) is 4.39 Å². The maximum Gasteiger partial charge on any atom is 0.123 e. The van der Waals surface area contributed by atoms with Crippen molar-refractivity contribution < 1.29 is 4.39 Å². The van der Waals surface area contributed by atoms with Crippen molar-refractivity contribution in [3.8, 4) is 0 Å². The predicted molar refractivity (Wildman–Crippen MR) is 73.9 cm³/mol. The number of rotatable bonds is 2. The summed E-state index contributed by atoms with van der Waals surface area (Å²) in [4.78, 5) is 0. The molecule has 1 aliphatic rings. The fourth-order valence-electron chi connectivity index (χ4n) is 2.94. The molecule has 0 saturated carbocycles. The zero-order valence-electron chi connectivity index (χ0n) is 11.5. The lowest BCUT2D eigenvalue weighted by Crippen LogP contribution is -2.31. The average Bonchev–Trinajstić information content (AvgIpc) is 2.20. The first kappa shape index (κ1) is 13.3. The summed E-state index contributed by atoms with van der Waals surface area (Å²) in [6.07, 6.45) is 5.06. The van der Waals surface area contributed by atoms with E-state index in [4.69, 9.17) is 5.73 Å². The third kappa shape index (κ3) is 3.20. The van der Waals surface area contributed by atoms with Gasteiger partial charge in [0.15, 0.2) is 0 Å². The fourth-order valence-corrected chi connectivity index (χ4v) is 2.94. The second-order valence-corrected chi connectivity index (χ2v) is 6.28. The van der Waals surface area contributed by atoms with Gasteiger partial charge >= 0.3 is 0 Å². The normalized spacial score (nSPS) is 22.7. The Hall–Kier alpha value is -1.15. The smallest absolute Gasteiger partial charge is 0.123 e. The monoisotopic (exact) mass is 247 g/mol. The molecule has 2 heteroatoms. The van der Waals surface area contributed by atoms with Crippen LogP contribution in [0, 0.1) is 18.2 Å². The second kappa shape index (κ2) is 4.85. The van der Waals surface area contributed by atoms with Crippen molar-refractivity contribution in [2.75, 3.05) is 0 Å². The van der Waals surface area contributed by atoms with Crippen LogP contribution in [-0.2, 0) is 6.42 Å². The molecule has 0 heterocycles. The largest absolute Gasteiger partial charge is 0.324 e. The molecule has 1 aromatic carbocycles. The van der Waals surface area contributed by atoms with Gasteiger partial charge in [-0.15, -0.1) is 0 Å². The van der Waals surface area contributed by atoms with Gasteiger partial charge in [0, 0.05) is 6.04 Å². The number of hydrogen-bond acceptors (Lipinski definition) is 1. The lowest BCUT2D eigenvalue weighted by molar-refractivity contribution is 0.299. The van der Waals surface area contributed by atoms with Crippen LogP contribution in [0.5, 0.6) is 0 Å². The SMILES string of the molecule is Cc1ccc(F)cc1CC1=CC(N)CC(C)(C)C1. The molecule has 0 spiro atoms. The molecule has 0 aliphatic heterocycles. The van der Waals surface area contributed by atoms with Gasteiger partial charge in [-0.05, 0) is 54.9 Å². The van der Waals surface area contributed by atoms with E-state index < -0.39 is 0 Å². The molecule has 1 nitrogen and oxygen atoms in total. The summed E-state index contributed by atoms with van der Waals surface area (Å²) in [6.45, 7) is 6.53. The van der Waals surface area contributed by atoms with Crippen molar-refractivity contribution in [1.82, 2.24) is 0 Å². The molecular weight excluding hydrogens is 225 g/mol. The Morgan fingerprint density at radius 1 is 1.39 bits per heavy atom. The zero-order chi connectivity index (χ0) is 13.3. The number of allylic oxidation sites excluding steroid dienone is 1. The highest BCUT2D eigenvalue weighted by Crippen LogP contribution is 2.36. The topological polar surface area (TPSA) is 26.0 Å². The van der Waals surface area contributed by atoms with Crippen molar-refractivity contribution in [2.45, 2.75) is 46.1 Å². The molecule has 98 valence electrons. The first-order valence-electron chi connectivity index (χ1n) is 6.56. The minimum Gasteiger partial charge on any atom is -0.324 e. The van der Waals surface area contributed by atoms with E-state index in [0.717, 1.165) is 30.4 Å². The highest BCUT2D eigenvalue weighted by molar-refractivity contribution is 5.32. The van der Waals surface area contributed by atoms with Gasteiger partial charge in [-0.1, -0.05) is 31.6 Å².